The fourth-order valence-corrected chi connectivity index (χ4v) is 1.82. The van der Waals surface area contributed by atoms with Gasteiger partial charge in [-0.15, -0.1) is 0 Å². The largest absolute Gasteiger partial charge is 0.334 e. The van der Waals surface area contributed by atoms with Crippen LogP contribution in [-0.2, 0) is 0 Å². The van der Waals surface area contributed by atoms with E-state index >= 15 is 0 Å². The van der Waals surface area contributed by atoms with Crippen LogP contribution in [0.4, 0.5) is 0 Å². The van der Waals surface area contributed by atoms with Gasteiger partial charge in [0.1, 0.15) is 0 Å². The smallest absolute Gasteiger partial charge is 0.0964 e. The maximum atomic E-state index is 5.82. The SMILES string of the molecule is C[NH+]1CCN(N=Cc2ccc(Cl)cc2)CC1. The highest BCUT2D eigenvalue weighted by Gasteiger charge is 2.13. The molecule has 1 heterocycles. The molecule has 0 radical (unpaired) electrons. The van der Waals surface area contributed by atoms with Crippen LogP contribution >= 0.6 is 11.6 Å². The molecule has 1 N–H and O–H groups in total. The highest BCUT2D eigenvalue weighted by atomic mass is 35.5. The summed E-state index contributed by atoms with van der Waals surface area (Å²) in [5.41, 5.74) is 1.09. The van der Waals surface area contributed by atoms with Gasteiger partial charge < -0.3 is 4.90 Å². The van der Waals surface area contributed by atoms with E-state index in [2.05, 4.69) is 17.2 Å². The van der Waals surface area contributed by atoms with Crippen LogP contribution in [0, 0.1) is 0 Å². The van der Waals surface area contributed by atoms with Crippen LogP contribution in [0.25, 0.3) is 0 Å². The van der Waals surface area contributed by atoms with Crippen molar-refractivity contribution in [3.8, 4) is 0 Å². The average Bonchev–Trinajstić information content (AvgIpc) is 2.30. The molecule has 1 saturated heterocycles. The number of nitrogens with zero attached hydrogens (tertiary/aromatic N) is 2. The summed E-state index contributed by atoms with van der Waals surface area (Å²) < 4.78 is 0. The summed E-state index contributed by atoms with van der Waals surface area (Å²) in [6.07, 6.45) is 1.90. The predicted octanol–water partition coefficient (Wildman–Crippen LogP) is 0.504. The normalized spacial score (nSPS) is 18.2. The Balaban J connectivity index is 1.91. The molecule has 2 rings (SSSR count). The first-order valence-corrected chi connectivity index (χ1v) is 5.97. The Morgan fingerprint density at radius 1 is 1.25 bits per heavy atom. The van der Waals surface area contributed by atoms with E-state index in [0.29, 0.717) is 0 Å². The van der Waals surface area contributed by atoms with Crippen LogP contribution < -0.4 is 4.90 Å². The maximum Gasteiger partial charge on any atom is 0.0964 e. The van der Waals surface area contributed by atoms with E-state index in [1.165, 1.54) is 0 Å². The molecule has 16 heavy (non-hydrogen) atoms. The van der Waals surface area contributed by atoms with Crippen molar-refractivity contribution in [2.24, 2.45) is 5.10 Å². The van der Waals surface area contributed by atoms with Gasteiger partial charge in [0.05, 0.1) is 39.4 Å². The van der Waals surface area contributed by atoms with Gasteiger partial charge in [-0.25, -0.2) is 0 Å². The van der Waals surface area contributed by atoms with E-state index in [1.807, 2.05) is 30.5 Å². The molecule has 1 aromatic rings. The van der Waals surface area contributed by atoms with Crippen LogP contribution in [0.2, 0.25) is 5.02 Å². The zero-order valence-corrected chi connectivity index (χ0v) is 10.2. The lowest BCUT2D eigenvalue weighted by Crippen LogP contribution is -3.11. The standard InChI is InChI=1S/C12H16ClN3/c1-15-6-8-16(9-7-15)14-10-11-2-4-12(13)5-3-11/h2-5,10H,6-9H2,1H3/p+1. The van der Waals surface area contributed by atoms with E-state index in [-0.39, 0.29) is 0 Å². The number of quaternary nitrogens is 1. The molecule has 0 aromatic heterocycles. The molecule has 0 saturated carbocycles. The molecule has 4 heteroatoms. The molecule has 1 fully saturated rings. The number of likely N-dealkylation sites (N-methyl/N-ethyl adjacent to an activating group) is 1. The third-order valence-corrected chi connectivity index (χ3v) is 3.09. The molecule has 0 bridgehead atoms. The molecule has 86 valence electrons. The lowest BCUT2D eigenvalue weighted by Gasteiger charge is -2.27. The minimum absolute atomic E-state index is 0.764. The lowest BCUT2D eigenvalue weighted by atomic mass is 10.2. The second-order valence-corrected chi connectivity index (χ2v) is 4.64. The molecule has 1 aromatic carbocycles. The van der Waals surface area contributed by atoms with Crippen molar-refractivity contribution in [3.63, 3.8) is 0 Å². The summed E-state index contributed by atoms with van der Waals surface area (Å²) in [6, 6.07) is 7.73. The fourth-order valence-electron chi connectivity index (χ4n) is 1.69. The topological polar surface area (TPSA) is 20.0 Å². The summed E-state index contributed by atoms with van der Waals surface area (Å²) in [6.45, 7) is 4.40. The molecular weight excluding hydrogens is 222 g/mol. The van der Waals surface area contributed by atoms with E-state index in [9.17, 15) is 0 Å². The first-order valence-electron chi connectivity index (χ1n) is 5.60. The Morgan fingerprint density at radius 2 is 1.88 bits per heavy atom. The monoisotopic (exact) mass is 238 g/mol. The average molecular weight is 239 g/mol. The van der Waals surface area contributed by atoms with Gasteiger partial charge in [0.15, 0.2) is 0 Å². The maximum absolute atomic E-state index is 5.82. The molecule has 3 nitrogen and oxygen atoms in total. The van der Waals surface area contributed by atoms with Crippen LogP contribution in [-0.4, -0.2) is 44.5 Å². The van der Waals surface area contributed by atoms with Gasteiger partial charge in [-0.3, -0.25) is 5.01 Å². The Morgan fingerprint density at radius 3 is 2.50 bits per heavy atom. The Bertz CT molecular complexity index is 353. The highest BCUT2D eigenvalue weighted by molar-refractivity contribution is 6.30. The quantitative estimate of drug-likeness (QED) is 0.745. The van der Waals surface area contributed by atoms with Crippen molar-refractivity contribution in [2.75, 3.05) is 33.2 Å². The van der Waals surface area contributed by atoms with Crippen LogP contribution in [0.1, 0.15) is 5.56 Å². The molecule has 0 amide bonds. The van der Waals surface area contributed by atoms with Gasteiger partial charge >= 0.3 is 0 Å². The van der Waals surface area contributed by atoms with Crippen molar-refractivity contribution in [1.82, 2.24) is 5.01 Å². The second-order valence-electron chi connectivity index (χ2n) is 4.21. The van der Waals surface area contributed by atoms with Crippen molar-refractivity contribution < 1.29 is 4.90 Å². The number of hydrazone groups is 1. The Hall–Kier alpha value is -1.06. The van der Waals surface area contributed by atoms with Crippen molar-refractivity contribution >= 4 is 17.8 Å². The summed E-state index contributed by atoms with van der Waals surface area (Å²) in [4.78, 5) is 1.58. The van der Waals surface area contributed by atoms with Crippen molar-refractivity contribution in [1.29, 1.82) is 0 Å². The molecule has 0 unspecified atom stereocenters. The van der Waals surface area contributed by atoms with Crippen LogP contribution in [0.15, 0.2) is 29.4 Å². The third kappa shape index (κ3) is 3.22. The lowest BCUT2D eigenvalue weighted by molar-refractivity contribution is -0.884. The molecular formula is C12H17ClN3+. The number of rotatable bonds is 2. The van der Waals surface area contributed by atoms with E-state index in [4.69, 9.17) is 11.6 Å². The van der Waals surface area contributed by atoms with Crippen LogP contribution in [0.5, 0.6) is 0 Å². The van der Waals surface area contributed by atoms with Crippen molar-refractivity contribution in [2.45, 2.75) is 0 Å². The number of piperazine rings is 1. The van der Waals surface area contributed by atoms with Gasteiger partial charge in [-0.1, -0.05) is 23.7 Å². The molecule has 0 atom stereocenters. The van der Waals surface area contributed by atoms with E-state index < -0.39 is 0 Å². The second kappa shape index (κ2) is 5.32. The zero-order chi connectivity index (χ0) is 11.4. The number of hydrogen-bond donors (Lipinski definition) is 1. The third-order valence-electron chi connectivity index (χ3n) is 2.83. The van der Waals surface area contributed by atoms with Gasteiger partial charge in [0, 0.05) is 5.02 Å². The predicted molar refractivity (Wildman–Crippen MR) is 67.2 cm³/mol. The molecule has 0 aliphatic carbocycles. The first kappa shape index (κ1) is 11.4. The number of benzene rings is 1. The summed E-state index contributed by atoms with van der Waals surface area (Å²) >= 11 is 5.82. The number of nitrogens with one attached hydrogen (secondary N) is 1. The number of hydrogen-bond acceptors (Lipinski definition) is 2. The van der Waals surface area contributed by atoms with E-state index in [1.54, 1.807) is 4.90 Å². The summed E-state index contributed by atoms with van der Waals surface area (Å²) in [7, 11) is 2.22. The Labute approximate surface area is 101 Å². The van der Waals surface area contributed by atoms with E-state index in [0.717, 1.165) is 36.8 Å². The van der Waals surface area contributed by atoms with Gasteiger partial charge in [-0.2, -0.15) is 5.10 Å². The fraction of sp³-hybridized carbons (Fsp3) is 0.417. The molecule has 1 aliphatic rings. The first-order chi connectivity index (χ1) is 7.74. The molecule has 1 aliphatic heterocycles. The van der Waals surface area contributed by atoms with Gasteiger partial charge in [-0.05, 0) is 17.7 Å². The summed E-state index contributed by atoms with van der Waals surface area (Å²) in [5, 5.41) is 7.36. The minimum Gasteiger partial charge on any atom is -0.334 e. The van der Waals surface area contributed by atoms with Gasteiger partial charge in [0.2, 0.25) is 0 Å². The van der Waals surface area contributed by atoms with Crippen molar-refractivity contribution in [3.05, 3.63) is 34.9 Å². The summed E-state index contributed by atoms with van der Waals surface area (Å²) in [5.74, 6) is 0. The van der Waals surface area contributed by atoms with Gasteiger partial charge in [0.25, 0.3) is 0 Å². The molecule has 0 spiro atoms. The zero-order valence-electron chi connectivity index (χ0n) is 9.49. The minimum atomic E-state index is 0.764. The number of halogens is 1. The Kier molecular flexibility index (Phi) is 3.80. The van der Waals surface area contributed by atoms with Crippen LogP contribution in [0.3, 0.4) is 0 Å². The highest BCUT2D eigenvalue weighted by Crippen LogP contribution is 2.08.